The summed E-state index contributed by atoms with van der Waals surface area (Å²) >= 11 is 0. The van der Waals surface area contributed by atoms with E-state index in [1.165, 1.54) is 13.0 Å². The average Bonchev–Trinajstić information content (AvgIpc) is 2.34. The van der Waals surface area contributed by atoms with Crippen molar-refractivity contribution in [2.75, 3.05) is 6.61 Å². The zero-order valence-corrected chi connectivity index (χ0v) is 13.1. The molecule has 118 valence electrons. The van der Waals surface area contributed by atoms with Crippen LogP contribution in [0.3, 0.4) is 0 Å². The van der Waals surface area contributed by atoms with Crippen LogP contribution in [0.2, 0.25) is 0 Å². The van der Waals surface area contributed by atoms with Crippen LogP contribution in [0.5, 0.6) is 0 Å². The standard InChI is InChI=1S/C16H24O5/c1-6-20-15(19)9-13-7-12(10(2)3)8-14(18)16(13,5)21-11(4)17/h9,12,14,18H,2,6-8H2,1,3-5H3/t12-,14+,16+/m1/s1. The van der Waals surface area contributed by atoms with Gasteiger partial charge in [-0.3, -0.25) is 4.79 Å². The molecule has 5 heteroatoms. The molecular weight excluding hydrogens is 272 g/mol. The van der Waals surface area contributed by atoms with Gasteiger partial charge in [-0.15, -0.1) is 0 Å². The Labute approximate surface area is 125 Å². The zero-order chi connectivity index (χ0) is 16.2. The average molecular weight is 296 g/mol. The summed E-state index contributed by atoms with van der Waals surface area (Å²) < 4.78 is 10.2. The normalized spacial score (nSPS) is 30.8. The molecular formula is C16H24O5. The van der Waals surface area contributed by atoms with Crippen LogP contribution >= 0.6 is 0 Å². The van der Waals surface area contributed by atoms with Gasteiger partial charge in [0.15, 0.2) is 5.60 Å². The Bertz CT molecular complexity index is 465. The van der Waals surface area contributed by atoms with Gasteiger partial charge >= 0.3 is 11.9 Å². The first-order chi connectivity index (χ1) is 9.70. The Morgan fingerprint density at radius 1 is 1.48 bits per heavy atom. The van der Waals surface area contributed by atoms with Crippen LogP contribution in [0.1, 0.15) is 40.5 Å². The van der Waals surface area contributed by atoms with E-state index in [-0.39, 0.29) is 12.5 Å². The third-order valence-corrected chi connectivity index (χ3v) is 3.88. The number of aliphatic hydroxyl groups is 1. The highest BCUT2D eigenvalue weighted by atomic mass is 16.6. The molecule has 0 radical (unpaired) electrons. The molecule has 0 aromatic rings. The Balaban J connectivity index is 3.15. The third kappa shape index (κ3) is 4.17. The van der Waals surface area contributed by atoms with Crippen LogP contribution in [0.25, 0.3) is 0 Å². The molecule has 0 aliphatic heterocycles. The highest BCUT2D eigenvalue weighted by Crippen LogP contribution is 2.41. The SMILES string of the molecule is C=C(C)[C@@H]1CC(=CC(=O)OCC)[C@](C)(OC(C)=O)[C@@H](O)C1. The molecule has 1 aliphatic rings. The van der Waals surface area contributed by atoms with E-state index in [9.17, 15) is 14.7 Å². The number of ether oxygens (including phenoxy) is 2. The lowest BCUT2D eigenvalue weighted by Crippen LogP contribution is -2.50. The van der Waals surface area contributed by atoms with E-state index in [1.807, 2.05) is 6.92 Å². The van der Waals surface area contributed by atoms with E-state index in [0.717, 1.165) is 5.57 Å². The van der Waals surface area contributed by atoms with Gasteiger partial charge in [-0.25, -0.2) is 4.79 Å². The summed E-state index contributed by atoms with van der Waals surface area (Å²) in [6, 6.07) is 0. The summed E-state index contributed by atoms with van der Waals surface area (Å²) in [5.41, 5.74) is 0.279. The van der Waals surface area contributed by atoms with Crippen molar-refractivity contribution < 1.29 is 24.2 Å². The molecule has 0 heterocycles. The predicted molar refractivity (Wildman–Crippen MR) is 78.4 cm³/mol. The topological polar surface area (TPSA) is 72.8 Å². The number of rotatable bonds is 4. The molecule has 0 unspecified atom stereocenters. The molecule has 3 atom stereocenters. The van der Waals surface area contributed by atoms with E-state index in [4.69, 9.17) is 9.47 Å². The minimum Gasteiger partial charge on any atom is -0.463 e. The second-order valence-electron chi connectivity index (χ2n) is 5.62. The molecule has 1 N–H and O–H groups in total. The number of allylic oxidation sites excluding steroid dienone is 1. The fourth-order valence-electron chi connectivity index (χ4n) is 2.60. The van der Waals surface area contributed by atoms with E-state index in [1.54, 1.807) is 13.8 Å². The van der Waals surface area contributed by atoms with Crippen molar-refractivity contribution in [3.63, 3.8) is 0 Å². The zero-order valence-electron chi connectivity index (χ0n) is 13.1. The lowest BCUT2D eigenvalue weighted by Gasteiger charge is -2.43. The summed E-state index contributed by atoms with van der Waals surface area (Å²) in [6.07, 6.45) is 1.39. The summed E-state index contributed by atoms with van der Waals surface area (Å²) in [7, 11) is 0. The lowest BCUT2D eigenvalue weighted by molar-refractivity contribution is -0.166. The van der Waals surface area contributed by atoms with E-state index >= 15 is 0 Å². The van der Waals surface area contributed by atoms with Gasteiger partial charge in [-0.1, -0.05) is 12.2 Å². The van der Waals surface area contributed by atoms with Gasteiger partial charge in [-0.2, -0.15) is 0 Å². The van der Waals surface area contributed by atoms with Crippen LogP contribution < -0.4 is 0 Å². The van der Waals surface area contributed by atoms with Gasteiger partial charge in [0.05, 0.1) is 12.7 Å². The second-order valence-corrected chi connectivity index (χ2v) is 5.62. The smallest absolute Gasteiger partial charge is 0.330 e. The quantitative estimate of drug-likeness (QED) is 0.489. The minimum absolute atomic E-state index is 0.0457. The summed E-state index contributed by atoms with van der Waals surface area (Å²) in [5, 5.41) is 10.4. The van der Waals surface area contributed by atoms with Crippen molar-refractivity contribution in [2.45, 2.75) is 52.2 Å². The molecule has 1 aliphatic carbocycles. The number of carbonyl (C=O) groups is 2. The van der Waals surface area contributed by atoms with E-state index < -0.39 is 23.6 Å². The van der Waals surface area contributed by atoms with Gasteiger partial charge in [-0.05, 0) is 45.1 Å². The van der Waals surface area contributed by atoms with Gasteiger partial charge in [0, 0.05) is 13.0 Å². The Kier molecular flexibility index (Phi) is 5.72. The first-order valence-corrected chi connectivity index (χ1v) is 7.11. The van der Waals surface area contributed by atoms with Gasteiger partial charge in [0.25, 0.3) is 0 Å². The maximum atomic E-state index is 11.7. The summed E-state index contributed by atoms with van der Waals surface area (Å²) in [5.74, 6) is -0.954. The fraction of sp³-hybridized carbons (Fsp3) is 0.625. The van der Waals surface area contributed by atoms with Crippen molar-refractivity contribution in [3.8, 4) is 0 Å². The maximum absolute atomic E-state index is 11.7. The summed E-state index contributed by atoms with van der Waals surface area (Å²) in [4.78, 5) is 23.1. The van der Waals surface area contributed by atoms with Crippen LogP contribution in [0, 0.1) is 5.92 Å². The molecule has 0 aromatic heterocycles. The molecule has 0 spiro atoms. The highest BCUT2D eigenvalue weighted by Gasteiger charge is 2.46. The van der Waals surface area contributed by atoms with Crippen molar-refractivity contribution in [1.29, 1.82) is 0 Å². The second kappa shape index (κ2) is 6.89. The fourth-order valence-corrected chi connectivity index (χ4v) is 2.60. The number of aliphatic hydroxyl groups excluding tert-OH is 1. The Morgan fingerprint density at radius 3 is 2.57 bits per heavy atom. The number of hydrogen-bond donors (Lipinski definition) is 1. The summed E-state index contributed by atoms with van der Waals surface area (Å²) in [6.45, 7) is 10.7. The van der Waals surface area contributed by atoms with E-state index in [0.29, 0.717) is 18.4 Å². The molecule has 21 heavy (non-hydrogen) atoms. The molecule has 1 fully saturated rings. The molecule has 1 rings (SSSR count). The molecule has 5 nitrogen and oxygen atoms in total. The molecule has 0 aromatic carbocycles. The van der Waals surface area contributed by atoms with Gasteiger partial charge < -0.3 is 14.6 Å². The monoisotopic (exact) mass is 296 g/mol. The number of hydrogen-bond acceptors (Lipinski definition) is 5. The molecule has 0 bridgehead atoms. The van der Waals surface area contributed by atoms with Gasteiger partial charge in [0.2, 0.25) is 0 Å². The molecule has 1 saturated carbocycles. The van der Waals surface area contributed by atoms with Crippen molar-refractivity contribution in [2.24, 2.45) is 5.92 Å². The first-order valence-electron chi connectivity index (χ1n) is 7.11. The molecule has 0 amide bonds. The van der Waals surface area contributed by atoms with Crippen LogP contribution in [-0.2, 0) is 19.1 Å². The number of esters is 2. The lowest BCUT2D eigenvalue weighted by atomic mass is 9.71. The first kappa shape index (κ1) is 17.4. The minimum atomic E-state index is -1.20. The van der Waals surface area contributed by atoms with Crippen LogP contribution in [0.4, 0.5) is 0 Å². The Morgan fingerprint density at radius 2 is 2.10 bits per heavy atom. The van der Waals surface area contributed by atoms with Crippen molar-refractivity contribution >= 4 is 11.9 Å². The van der Waals surface area contributed by atoms with E-state index in [2.05, 4.69) is 6.58 Å². The van der Waals surface area contributed by atoms with Crippen LogP contribution in [-0.4, -0.2) is 35.4 Å². The van der Waals surface area contributed by atoms with Crippen molar-refractivity contribution in [1.82, 2.24) is 0 Å². The largest absolute Gasteiger partial charge is 0.463 e. The van der Waals surface area contributed by atoms with Crippen molar-refractivity contribution in [3.05, 3.63) is 23.8 Å². The number of carbonyl (C=O) groups excluding carboxylic acids is 2. The third-order valence-electron chi connectivity index (χ3n) is 3.88. The highest BCUT2D eigenvalue weighted by molar-refractivity contribution is 5.83. The van der Waals surface area contributed by atoms with Crippen LogP contribution in [0.15, 0.2) is 23.8 Å². The molecule has 0 saturated heterocycles. The van der Waals surface area contributed by atoms with Gasteiger partial charge in [0.1, 0.15) is 0 Å². The Hall–Kier alpha value is -1.62. The maximum Gasteiger partial charge on any atom is 0.330 e. The predicted octanol–water partition coefficient (Wildman–Crippen LogP) is 2.14.